The van der Waals surface area contributed by atoms with Crippen LogP contribution in [0.25, 0.3) is 0 Å². The lowest BCUT2D eigenvalue weighted by atomic mass is 10.0. The van der Waals surface area contributed by atoms with Crippen molar-refractivity contribution >= 4 is 0 Å². The normalized spacial score (nSPS) is 31.0. The second kappa shape index (κ2) is 7.46. The number of ether oxygens (including phenoxy) is 1. The lowest BCUT2D eigenvalue weighted by Crippen LogP contribution is -2.42. The molecule has 0 bridgehead atoms. The fourth-order valence-electron chi connectivity index (χ4n) is 3.49. The Bertz CT molecular complexity index is 227. The highest BCUT2D eigenvalue weighted by Gasteiger charge is 2.30. The number of rotatable bonds is 6. The summed E-state index contributed by atoms with van der Waals surface area (Å²) in [6.07, 6.45) is 9.63. The van der Waals surface area contributed by atoms with Crippen molar-refractivity contribution in [3.05, 3.63) is 0 Å². The van der Waals surface area contributed by atoms with Gasteiger partial charge in [-0.1, -0.05) is 13.3 Å². The minimum atomic E-state index is 0.496. The van der Waals surface area contributed by atoms with Gasteiger partial charge in [0.1, 0.15) is 0 Å². The molecule has 18 heavy (non-hydrogen) atoms. The number of hydrogen-bond acceptors (Lipinski definition) is 3. The van der Waals surface area contributed by atoms with E-state index in [1.54, 1.807) is 0 Å². The molecule has 0 radical (unpaired) electrons. The molecule has 2 N–H and O–H groups in total. The molecule has 106 valence electrons. The molecule has 1 saturated heterocycles. The van der Waals surface area contributed by atoms with Crippen LogP contribution in [0.15, 0.2) is 0 Å². The molecule has 0 amide bonds. The van der Waals surface area contributed by atoms with Crippen molar-refractivity contribution in [3.8, 4) is 0 Å². The molecule has 3 nitrogen and oxygen atoms in total. The third-order valence-electron chi connectivity index (χ3n) is 4.79. The van der Waals surface area contributed by atoms with Gasteiger partial charge >= 0.3 is 0 Å². The van der Waals surface area contributed by atoms with Crippen LogP contribution in [0.1, 0.15) is 51.9 Å². The third-order valence-corrected chi connectivity index (χ3v) is 4.79. The summed E-state index contributed by atoms with van der Waals surface area (Å²) in [4.78, 5) is 2.72. The molecule has 2 fully saturated rings. The van der Waals surface area contributed by atoms with E-state index in [9.17, 15) is 0 Å². The second-order valence-corrected chi connectivity index (χ2v) is 5.99. The molecule has 0 aromatic carbocycles. The Hall–Kier alpha value is -0.120. The average Bonchev–Trinajstić information content (AvgIpc) is 2.89. The molecule has 1 aliphatic carbocycles. The van der Waals surface area contributed by atoms with Gasteiger partial charge < -0.3 is 15.4 Å². The summed E-state index contributed by atoms with van der Waals surface area (Å²) in [5.41, 5.74) is 5.49. The number of nitrogens with two attached hydrogens (primary N) is 1. The summed E-state index contributed by atoms with van der Waals surface area (Å²) < 4.78 is 5.87. The SMILES string of the molecule is CCC1CCC(N2CCC(OCCCN)CC2)C1. The molecule has 3 heteroatoms. The van der Waals surface area contributed by atoms with Crippen molar-refractivity contribution in [2.24, 2.45) is 11.7 Å². The second-order valence-electron chi connectivity index (χ2n) is 5.99. The lowest BCUT2D eigenvalue weighted by molar-refractivity contribution is -0.00191. The van der Waals surface area contributed by atoms with Gasteiger partial charge in [0.2, 0.25) is 0 Å². The first-order chi connectivity index (χ1) is 8.83. The van der Waals surface area contributed by atoms with Crippen LogP contribution >= 0.6 is 0 Å². The molecule has 1 aliphatic heterocycles. The van der Waals surface area contributed by atoms with Gasteiger partial charge in [-0.2, -0.15) is 0 Å². The van der Waals surface area contributed by atoms with Gasteiger partial charge in [0.05, 0.1) is 6.10 Å². The van der Waals surface area contributed by atoms with Crippen LogP contribution in [0.4, 0.5) is 0 Å². The first kappa shape index (κ1) is 14.3. The molecule has 2 atom stereocenters. The van der Waals surface area contributed by atoms with Crippen molar-refractivity contribution < 1.29 is 4.74 Å². The van der Waals surface area contributed by atoms with Gasteiger partial charge in [0.15, 0.2) is 0 Å². The number of piperidine rings is 1. The standard InChI is InChI=1S/C15H30N2O/c1-2-13-4-5-14(12-13)17-9-6-15(7-10-17)18-11-3-8-16/h13-15H,2-12,16H2,1H3. The van der Waals surface area contributed by atoms with Crippen molar-refractivity contribution in [3.63, 3.8) is 0 Å². The molecule has 1 saturated carbocycles. The predicted octanol–water partition coefficient (Wildman–Crippen LogP) is 2.39. The Morgan fingerprint density at radius 3 is 2.56 bits per heavy atom. The van der Waals surface area contributed by atoms with Crippen molar-refractivity contribution in [2.45, 2.75) is 64.0 Å². The highest BCUT2D eigenvalue weighted by atomic mass is 16.5. The van der Waals surface area contributed by atoms with E-state index in [-0.39, 0.29) is 0 Å². The summed E-state index contributed by atoms with van der Waals surface area (Å²) in [7, 11) is 0. The summed E-state index contributed by atoms with van der Waals surface area (Å²) in [6.45, 7) is 6.43. The lowest BCUT2D eigenvalue weighted by Gasteiger charge is -2.36. The van der Waals surface area contributed by atoms with Gasteiger partial charge in [0.25, 0.3) is 0 Å². The average molecular weight is 254 g/mol. The number of hydrogen-bond donors (Lipinski definition) is 1. The van der Waals surface area contributed by atoms with E-state index >= 15 is 0 Å². The van der Waals surface area contributed by atoms with E-state index in [4.69, 9.17) is 10.5 Å². The maximum atomic E-state index is 5.87. The molecule has 2 rings (SSSR count). The van der Waals surface area contributed by atoms with E-state index in [1.807, 2.05) is 0 Å². The Morgan fingerprint density at radius 1 is 1.17 bits per heavy atom. The summed E-state index contributed by atoms with van der Waals surface area (Å²) >= 11 is 0. The van der Waals surface area contributed by atoms with Gasteiger partial charge in [-0.05, 0) is 51.0 Å². The number of likely N-dealkylation sites (tertiary alicyclic amines) is 1. The van der Waals surface area contributed by atoms with Crippen LogP contribution in [0.5, 0.6) is 0 Å². The highest BCUT2D eigenvalue weighted by Crippen LogP contribution is 2.32. The van der Waals surface area contributed by atoms with Crippen LogP contribution < -0.4 is 5.73 Å². The molecule has 1 heterocycles. The smallest absolute Gasteiger partial charge is 0.0599 e. The Kier molecular flexibility index (Phi) is 5.93. The first-order valence-corrected chi connectivity index (χ1v) is 7.89. The molecule has 0 aromatic rings. The monoisotopic (exact) mass is 254 g/mol. The van der Waals surface area contributed by atoms with Gasteiger partial charge in [0, 0.05) is 25.7 Å². The van der Waals surface area contributed by atoms with E-state index < -0.39 is 0 Å². The Labute approximate surface area is 112 Å². The molecular formula is C15H30N2O. The Morgan fingerprint density at radius 2 is 1.94 bits per heavy atom. The fraction of sp³-hybridized carbons (Fsp3) is 1.00. The molecule has 2 aliphatic rings. The summed E-state index contributed by atoms with van der Waals surface area (Å²) in [5, 5.41) is 0. The largest absolute Gasteiger partial charge is 0.378 e. The van der Waals surface area contributed by atoms with E-state index in [2.05, 4.69) is 11.8 Å². The maximum Gasteiger partial charge on any atom is 0.0599 e. The van der Waals surface area contributed by atoms with Gasteiger partial charge in [-0.15, -0.1) is 0 Å². The van der Waals surface area contributed by atoms with Crippen LogP contribution in [0.3, 0.4) is 0 Å². The van der Waals surface area contributed by atoms with Crippen LogP contribution in [-0.4, -0.2) is 43.3 Å². The molecular weight excluding hydrogens is 224 g/mol. The molecule has 0 aromatic heterocycles. The van der Waals surface area contributed by atoms with Crippen LogP contribution in [0.2, 0.25) is 0 Å². The zero-order chi connectivity index (χ0) is 12.8. The topological polar surface area (TPSA) is 38.5 Å². The highest BCUT2D eigenvalue weighted by molar-refractivity contribution is 4.85. The van der Waals surface area contributed by atoms with Gasteiger partial charge in [-0.25, -0.2) is 0 Å². The minimum absolute atomic E-state index is 0.496. The quantitative estimate of drug-likeness (QED) is 0.740. The van der Waals surface area contributed by atoms with E-state index in [0.717, 1.165) is 31.5 Å². The van der Waals surface area contributed by atoms with Crippen LogP contribution in [0, 0.1) is 5.92 Å². The van der Waals surface area contributed by atoms with Crippen molar-refractivity contribution in [1.82, 2.24) is 4.90 Å². The third kappa shape index (κ3) is 3.94. The minimum Gasteiger partial charge on any atom is -0.378 e. The maximum absolute atomic E-state index is 5.87. The van der Waals surface area contributed by atoms with Crippen molar-refractivity contribution in [2.75, 3.05) is 26.2 Å². The first-order valence-electron chi connectivity index (χ1n) is 7.89. The zero-order valence-electron chi connectivity index (χ0n) is 11.9. The number of nitrogens with zero attached hydrogens (tertiary/aromatic N) is 1. The summed E-state index contributed by atoms with van der Waals surface area (Å²) in [5.74, 6) is 0.994. The Balaban J connectivity index is 1.64. The molecule has 2 unspecified atom stereocenters. The summed E-state index contributed by atoms with van der Waals surface area (Å²) in [6, 6.07) is 0.875. The fourth-order valence-corrected chi connectivity index (χ4v) is 3.49. The molecule has 0 spiro atoms. The van der Waals surface area contributed by atoms with Crippen molar-refractivity contribution in [1.29, 1.82) is 0 Å². The predicted molar refractivity (Wildman–Crippen MR) is 75.6 cm³/mol. The van der Waals surface area contributed by atoms with Crippen LogP contribution in [-0.2, 0) is 4.74 Å². The van der Waals surface area contributed by atoms with E-state index in [1.165, 1.54) is 51.6 Å². The zero-order valence-corrected chi connectivity index (χ0v) is 11.9. The van der Waals surface area contributed by atoms with E-state index in [0.29, 0.717) is 6.10 Å². The van der Waals surface area contributed by atoms with Gasteiger partial charge in [-0.3, -0.25) is 0 Å².